The van der Waals surface area contributed by atoms with Crippen molar-refractivity contribution in [3.63, 3.8) is 0 Å². The molecule has 2 amide bonds. The molecule has 0 saturated heterocycles. The first-order valence-electron chi connectivity index (χ1n) is 6.52. The number of hydrogen-bond donors (Lipinski definition) is 2. The Morgan fingerprint density at radius 3 is 2.43 bits per heavy atom. The highest BCUT2D eigenvalue weighted by Gasteiger charge is 2.24. The summed E-state index contributed by atoms with van der Waals surface area (Å²) in [6.45, 7) is -0.0984. The van der Waals surface area contributed by atoms with Crippen LogP contribution >= 0.6 is 23.2 Å². The van der Waals surface area contributed by atoms with Gasteiger partial charge >= 0.3 is 18.0 Å². The van der Waals surface area contributed by atoms with Crippen molar-refractivity contribution < 1.29 is 23.9 Å². The zero-order valence-corrected chi connectivity index (χ0v) is 14.0. The van der Waals surface area contributed by atoms with Gasteiger partial charge in [0.1, 0.15) is 0 Å². The Morgan fingerprint density at radius 1 is 1.17 bits per heavy atom. The van der Waals surface area contributed by atoms with Crippen LogP contribution in [0.4, 0.5) is 10.5 Å². The van der Waals surface area contributed by atoms with Crippen LogP contribution in [0, 0.1) is 5.92 Å². The summed E-state index contributed by atoms with van der Waals surface area (Å²) < 4.78 is 9.09. The number of anilines is 1. The fourth-order valence-electron chi connectivity index (χ4n) is 1.66. The summed E-state index contributed by atoms with van der Waals surface area (Å²) in [6.07, 6.45) is -0.203. The predicted octanol–water partition coefficient (Wildman–Crippen LogP) is 2.47. The molecular formula is C14H16Cl2N2O5. The van der Waals surface area contributed by atoms with E-state index in [2.05, 4.69) is 20.1 Å². The molecule has 9 heteroatoms. The standard InChI is InChI=1S/C14H16Cl2N2O5/c1-22-12(19)5-8(13(20)23-2)7-17-14(21)18-11-4-3-9(15)6-10(11)16/h3-4,6,8H,5,7H2,1-2H3,(H2,17,18,21). The van der Waals surface area contributed by atoms with Crippen LogP contribution in [0.1, 0.15) is 6.42 Å². The molecule has 0 radical (unpaired) electrons. The SMILES string of the molecule is COC(=O)CC(CNC(=O)Nc1ccc(Cl)cc1Cl)C(=O)OC. The number of urea groups is 1. The third-order valence-corrected chi connectivity index (χ3v) is 3.41. The summed E-state index contributed by atoms with van der Waals surface area (Å²) in [5, 5.41) is 5.68. The molecule has 0 saturated carbocycles. The average Bonchev–Trinajstić information content (AvgIpc) is 2.53. The maximum atomic E-state index is 11.8. The summed E-state index contributed by atoms with van der Waals surface area (Å²) in [5.74, 6) is -2.05. The normalized spacial score (nSPS) is 11.3. The lowest BCUT2D eigenvalue weighted by atomic mass is 10.1. The molecule has 1 rings (SSSR count). The van der Waals surface area contributed by atoms with E-state index in [0.29, 0.717) is 10.7 Å². The van der Waals surface area contributed by atoms with E-state index in [1.54, 1.807) is 6.07 Å². The molecule has 23 heavy (non-hydrogen) atoms. The van der Waals surface area contributed by atoms with Gasteiger partial charge in [-0.15, -0.1) is 0 Å². The second kappa shape index (κ2) is 9.22. The quantitative estimate of drug-likeness (QED) is 0.758. The molecule has 0 fully saturated rings. The summed E-state index contributed by atoms with van der Waals surface area (Å²) >= 11 is 11.7. The van der Waals surface area contributed by atoms with Gasteiger partial charge in [0.15, 0.2) is 0 Å². The molecule has 0 aliphatic carbocycles. The van der Waals surface area contributed by atoms with Crippen molar-refractivity contribution >= 4 is 46.9 Å². The van der Waals surface area contributed by atoms with Gasteiger partial charge in [-0.3, -0.25) is 9.59 Å². The number of ether oxygens (including phenoxy) is 2. The number of carbonyl (C=O) groups excluding carboxylic acids is 3. The zero-order valence-electron chi connectivity index (χ0n) is 12.5. The van der Waals surface area contributed by atoms with Gasteiger partial charge in [0.05, 0.1) is 37.3 Å². The van der Waals surface area contributed by atoms with Crippen LogP contribution in [0.2, 0.25) is 10.0 Å². The summed E-state index contributed by atoms with van der Waals surface area (Å²) in [5.41, 5.74) is 0.358. The lowest BCUT2D eigenvalue weighted by Gasteiger charge is -2.15. The van der Waals surface area contributed by atoms with Gasteiger partial charge in [0, 0.05) is 11.6 Å². The number of esters is 2. The molecule has 0 aromatic heterocycles. The van der Waals surface area contributed by atoms with Gasteiger partial charge < -0.3 is 20.1 Å². The molecule has 1 aromatic rings. The van der Waals surface area contributed by atoms with Crippen molar-refractivity contribution in [3.05, 3.63) is 28.2 Å². The second-order valence-electron chi connectivity index (χ2n) is 4.46. The number of hydrogen-bond acceptors (Lipinski definition) is 5. The topological polar surface area (TPSA) is 93.7 Å². The van der Waals surface area contributed by atoms with Crippen molar-refractivity contribution in [3.8, 4) is 0 Å². The number of nitrogens with one attached hydrogen (secondary N) is 2. The van der Waals surface area contributed by atoms with Crippen molar-refractivity contribution in [1.82, 2.24) is 5.32 Å². The lowest BCUT2D eigenvalue weighted by Crippen LogP contribution is -2.37. The first-order valence-corrected chi connectivity index (χ1v) is 7.27. The van der Waals surface area contributed by atoms with Crippen LogP contribution in [-0.4, -0.2) is 38.7 Å². The Morgan fingerprint density at radius 2 is 1.87 bits per heavy atom. The van der Waals surface area contributed by atoms with E-state index in [0.717, 1.165) is 0 Å². The van der Waals surface area contributed by atoms with Gasteiger partial charge in [-0.2, -0.15) is 0 Å². The van der Waals surface area contributed by atoms with E-state index in [1.807, 2.05) is 0 Å². The van der Waals surface area contributed by atoms with Crippen molar-refractivity contribution in [2.24, 2.45) is 5.92 Å². The van der Waals surface area contributed by atoms with Gasteiger partial charge in [-0.25, -0.2) is 4.79 Å². The summed E-state index contributed by atoms with van der Waals surface area (Å²) in [4.78, 5) is 34.7. The molecule has 126 valence electrons. The molecule has 0 heterocycles. The molecule has 1 aromatic carbocycles. The molecule has 0 aliphatic rings. The third kappa shape index (κ3) is 6.33. The second-order valence-corrected chi connectivity index (χ2v) is 5.30. The van der Waals surface area contributed by atoms with E-state index in [4.69, 9.17) is 23.2 Å². The molecule has 2 N–H and O–H groups in total. The largest absolute Gasteiger partial charge is 0.469 e. The lowest BCUT2D eigenvalue weighted by molar-refractivity contribution is -0.151. The van der Waals surface area contributed by atoms with E-state index in [-0.39, 0.29) is 18.0 Å². The predicted molar refractivity (Wildman–Crippen MR) is 85.6 cm³/mol. The Labute approximate surface area is 143 Å². The molecule has 1 atom stereocenters. The van der Waals surface area contributed by atoms with Crippen LogP contribution in [0.25, 0.3) is 0 Å². The fraction of sp³-hybridized carbons (Fsp3) is 0.357. The van der Waals surface area contributed by atoms with Crippen molar-refractivity contribution in [2.75, 3.05) is 26.1 Å². The van der Waals surface area contributed by atoms with Crippen LogP contribution in [0.15, 0.2) is 18.2 Å². The van der Waals surface area contributed by atoms with Crippen LogP contribution < -0.4 is 10.6 Å². The summed E-state index contributed by atoms with van der Waals surface area (Å²) in [6, 6.07) is 3.99. The van der Waals surface area contributed by atoms with Crippen LogP contribution in [-0.2, 0) is 19.1 Å². The molecular weight excluding hydrogens is 347 g/mol. The van der Waals surface area contributed by atoms with E-state index in [9.17, 15) is 14.4 Å². The Balaban J connectivity index is 2.60. The smallest absolute Gasteiger partial charge is 0.319 e. The minimum Gasteiger partial charge on any atom is -0.469 e. The maximum absolute atomic E-state index is 11.8. The summed E-state index contributed by atoms with van der Waals surface area (Å²) in [7, 11) is 2.40. The molecule has 0 spiro atoms. The third-order valence-electron chi connectivity index (χ3n) is 2.86. The van der Waals surface area contributed by atoms with Crippen molar-refractivity contribution in [1.29, 1.82) is 0 Å². The molecule has 0 aliphatic heterocycles. The van der Waals surface area contributed by atoms with Crippen LogP contribution in [0.3, 0.4) is 0 Å². The fourth-order valence-corrected chi connectivity index (χ4v) is 2.12. The van der Waals surface area contributed by atoms with Crippen molar-refractivity contribution in [2.45, 2.75) is 6.42 Å². The Kier molecular flexibility index (Phi) is 7.64. The molecule has 7 nitrogen and oxygen atoms in total. The first kappa shape index (κ1) is 19.1. The Bertz CT molecular complexity index is 595. The number of methoxy groups -OCH3 is 2. The Hall–Kier alpha value is -1.99. The van der Waals surface area contributed by atoms with E-state index < -0.39 is 23.9 Å². The maximum Gasteiger partial charge on any atom is 0.319 e. The average molecular weight is 363 g/mol. The molecule has 1 unspecified atom stereocenters. The number of benzene rings is 1. The van der Waals surface area contributed by atoms with Gasteiger partial charge in [-0.05, 0) is 18.2 Å². The van der Waals surface area contributed by atoms with E-state index in [1.165, 1.54) is 26.4 Å². The van der Waals surface area contributed by atoms with Crippen LogP contribution in [0.5, 0.6) is 0 Å². The minimum atomic E-state index is -0.848. The highest BCUT2D eigenvalue weighted by atomic mass is 35.5. The number of rotatable bonds is 6. The monoisotopic (exact) mass is 362 g/mol. The minimum absolute atomic E-state index is 0.0984. The van der Waals surface area contributed by atoms with Gasteiger partial charge in [0.2, 0.25) is 0 Å². The van der Waals surface area contributed by atoms with Gasteiger partial charge in [0.25, 0.3) is 0 Å². The first-order chi connectivity index (χ1) is 10.9. The highest BCUT2D eigenvalue weighted by Crippen LogP contribution is 2.25. The number of carbonyl (C=O) groups is 3. The van der Waals surface area contributed by atoms with E-state index >= 15 is 0 Å². The number of amides is 2. The highest BCUT2D eigenvalue weighted by molar-refractivity contribution is 6.36. The number of halogens is 2. The zero-order chi connectivity index (χ0) is 17.4. The molecule has 0 bridgehead atoms. The van der Waals surface area contributed by atoms with Gasteiger partial charge in [-0.1, -0.05) is 23.2 Å².